The smallest absolute Gasteiger partial charge is 0.271 e. The van der Waals surface area contributed by atoms with E-state index < -0.39 is 29.0 Å². The van der Waals surface area contributed by atoms with Crippen LogP contribution >= 0.6 is 0 Å². The fraction of sp³-hybridized carbons (Fsp3) is 0.389. The number of benzene rings is 1. The average molecular weight is 377 g/mol. The molecule has 0 aliphatic carbocycles. The second-order valence-corrected chi connectivity index (χ2v) is 6.69. The lowest BCUT2D eigenvalue weighted by Gasteiger charge is -2.29. The molecule has 1 aromatic carbocycles. The van der Waals surface area contributed by atoms with E-state index in [4.69, 9.17) is 0 Å². The van der Waals surface area contributed by atoms with Crippen LogP contribution in [0.25, 0.3) is 0 Å². The van der Waals surface area contributed by atoms with Crippen LogP contribution in [0, 0.1) is 17.6 Å². The Bertz CT molecular complexity index is 819. The minimum atomic E-state index is -0.991. The summed E-state index contributed by atoms with van der Waals surface area (Å²) in [5.41, 5.74) is -0.625. The topological polar surface area (TPSA) is 90.1 Å². The van der Waals surface area contributed by atoms with E-state index in [1.165, 1.54) is 12.3 Å². The van der Waals surface area contributed by atoms with Gasteiger partial charge in [0.2, 0.25) is 0 Å². The van der Waals surface area contributed by atoms with Crippen LogP contribution in [0.3, 0.4) is 0 Å². The van der Waals surface area contributed by atoms with E-state index in [0.29, 0.717) is 12.5 Å². The summed E-state index contributed by atoms with van der Waals surface area (Å²) in [5.74, 6) is -3.05. The summed E-state index contributed by atoms with van der Waals surface area (Å²) < 4.78 is 27.5. The van der Waals surface area contributed by atoms with Gasteiger partial charge in [-0.25, -0.2) is 8.78 Å². The van der Waals surface area contributed by atoms with Gasteiger partial charge in [-0.1, -0.05) is 6.07 Å². The SMILES string of the molecule is CN1CCCC(CNC(=O)c2[nH]ncc2NC(=O)c2c(F)cccc2F)C1. The van der Waals surface area contributed by atoms with Crippen LogP contribution in [-0.4, -0.2) is 53.6 Å². The molecule has 1 atom stereocenters. The normalized spacial score (nSPS) is 17.5. The molecule has 1 unspecified atom stereocenters. The van der Waals surface area contributed by atoms with Crippen molar-refractivity contribution < 1.29 is 18.4 Å². The van der Waals surface area contributed by atoms with E-state index in [-0.39, 0.29) is 11.4 Å². The van der Waals surface area contributed by atoms with Crippen molar-refractivity contribution in [2.45, 2.75) is 12.8 Å². The third-order valence-electron chi connectivity index (χ3n) is 4.58. The second kappa shape index (κ2) is 8.26. The molecule has 1 aliphatic rings. The highest BCUT2D eigenvalue weighted by Crippen LogP contribution is 2.18. The van der Waals surface area contributed by atoms with E-state index in [9.17, 15) is 18.4 Å². The minimum Gasteiger partial charge on any atom is -0.350 e. The molecule has 2 amide bonds. The number of carbonyl (C=O) groups is 2. The number of amides is 2. The van der Waals surface area contributed by atoms with Gasteiger partial charge in [-0.15, -0.1) is 0 Å². The molecule has 27 heavy (non-hydrogen) atoms. The first-order valence-corrected chi connectivity index (χ1v) is 8.71. The molecule has 0 spiro atoms. The molecule has 0 saturated carbocycles. The lowest BCUT2D eigenvalue weighted by molar-refractivity contribution is 0.0932. The summed E-state index contributed by atoms with van der Waals surface area (Å²) in [6.07, 6.45) is 3.33. The number of aromatic nitrogens is 2. The number of rotatable bonds is 5. The lowest BCUT2D eigenvalue weighted by atomic mass is 9.98. The zero-order valence-electron chi connectivity index (χ0n) is 14.9. The highest BCUT2D eigenvalue weighted by Gasteiger charge is 2.22. The Labute approximate surface area is 155 Å². The second-order valence-electron chi connectivity index (χ2n) is 6.69. The quantitative estimate of drug-likeness (QED) is 0.744. The van der Waals surface area contributed by atoms with Gasteiger partial charge in [-0.3, -0.25) is 14.7 Å². The molecule has 3 rings (SSSR count). The molecule has 1 aliphatic heterocycles. The molecule has 1 fully saturated rings. The van der Waals surface area contributed by atoms with Gasteiger partial charge in [0.25, 0.3) is 11.8 Å². The highest BCUT2D eigenvalue weighted by molar-refractivity contribution is 6.08. The van der Waals surface area contributed by atoms with E-state index in [1.807, 2.05) is 7.05 Å². The van der Waals surface area contributed by atoms with E-state index in [1.54, 1.807) is 0 Å². The Morgan fingerprint density at radius 2 is 2.04 bits per heavy atom. The van der Waals surface area contributed by atoms with Crippen LogP contribution in [0.4, 0.5) is 14.5 Å². The molecule has 1 saturated heterocycles. The van der Waals surface area contributed by atoms with Crippen LogP contribution in [0.15, 0.2) is 24.4 Å². The Balaban J connectivity index is 1.65. The average Bonchev–Trinajstić information content (AvgIpc) is 3.08. The number of halogens is 2. The van der Waals surface area contributed by atoms with Gasteiger partial charge in [0.1, 0.15) is 22.9 Å². The number of carbonyl (C=O) groups excluding carboxylic acids is 2. The van der Waals surface area contributed by atoms with Gasteiger partial charge in [-0.05, 0) is 44.5 Å². The van der Waals surface area contributed by atoms with Crippen LogP contribution in [0.1, 0.15) is 33.7 Å². The van der Waals surface area contributed by atoms with Crippen molar-refractivity contribution in [2.75, 3.05) is 32.0 Å². The zero-order valence-corrected chi connectivity index (χ0v) is 14.9. The molecule has 144 valence electrons. The first kappa shape index (κ1) is 19.0. The van der Waals surface area contributed by atoms with Crippen LogP contribution in [-0.2, 0) is 0 Å². The van der Waals surface area contributed by atoms with Gasteiger partial charge in [-0.2, -0.15) is 5.10 Å². The summed E-state index contributed by atoms with van der Waals surface area (Å²) in [5, 5.41) is 11.4. The Morgan fingerprint density at radius 3 is 2.74 bits per heavy atom. The minimum absolute atomic E-state index is 0.0317. The van der Waals surface area contributed by atoms with Crippen molar-refractivity contribution in [3.8, 4) is 0 Å². The van der Waals surface area contributed by atoms with Crippen LogP contribution in [0.5, 0.6) is 0 Å². The number of H-pyrrole nitrogens is 1. The van der Waals surface area contributed by atoms with Crippen molar-refractivity contribution >= 4 is 17.5 Å². The third-order valence-corrected chi connectivity index (χ3v) is 4.58. The molecule has 9 heteroatoms. The molecule has 0 bridgehead atoms. The molecule has 3 N–H and O–H groups in total. The number of hydrogen-bond donors (Lipinski definition) is 3. The van der Waals surface area contributed by atoms with Crippen molar-refractivity contribution in [3.63, 3.8) is 0 Å². The highest BCUT2D eigenvalue weighted by atomic mass is 19.1. The van der Waals surface area contributed by atoms with Crippen molar-refractivity contribution in [3.05, 3.63) is 47.3 Å². The molecule has 0 radical (unpaired) electrons. The molecule has 2 aromatic rings. The molecular formula is C18H21F2N5O2. The molecule has 1 aromatic heterocycles. The Hall–Kier alpha value is -2.81. The summed E-state index contributed by atoms with van der Waals surface area (Å²) in [6, 6.07) is 3.14. The summed E-state index contributed by atoms with van der Waals surface area (Å²) >= 11 is 0. The maximum Gasteiger partial charge on any atom is 0.271 e. The number of aromatic amines is 1. The van der Waals surface area contributed by atoms with Crippen molar-refractivity contribution in [1.29, 1.82) is 0 Å². The fourth-order valence-electron chi connectivity index (χ4n) is 3.22. The standard InChI is InChI=1S/C18H21F2N5O2/c1-25-7-3-4-11(10-25)8-21-18(27)16-14(9-22-24-16)23-17(26)15-12(19)5-2-6-13(15)20/h2,5-6,9,11H,3-4,7-8,10H2,1H3,(H,21,27)(H,22,24)(H,23,26). The van der Waals surface area contributed by atoms with Gasteiger partial charge in [0.05, 0.1) is 11.9 Å². The maximum absolute atomic E-state index is 13.7. The van der Waals surface area contributed by atoms with E-state index in [0.717, 1.165) is 38.1 Å². The van der Waals surface area contributed by atoms with Crippen molar-refractivity contribution in [2.24, 2.45) is 5.92 Å². The lowest BCUT2D eigenvalue weighted by Crippen LogP contribution is -2.39. The monoisotopic (exact) mass is 377 g/mol. The number of hydrogen-bond acceptors (Lipinski definition) is 4. The Kier molecular flexibility index (Phi) is 5.80. The largest absolute Gasteiger partial charge is 0.350 e. The Morgan fingerprint density at radius 1 is 1.30 bits per heavy atom. The number of piperidine rings is 1. The van der Waals surface area contributed by atoms with E-state index in [2.05, 4.69) is 25.7 Å². The summed E-state index contributed by atoms with van der Waals surface area (Å²) in [7, 11) is 2.04. The molecule has 7 nitrogen and oxygen atoms in total. The summed E-state index contributed by atoms with van der Waals surface area (Å²) in [6.45, 7) is 2.45. The predicted molar refractivity (Wildman–Crippen MR) is 95.5 cm³/mol. The van der Waals surface area contributed by atoms with E-state index >= 15 is 0 Å². The first-order chi connectivity index (χ1) is 13.0. The van der Waals surface area contributed by atoms with Gasteiger partial charge in [0, 0.05) is 13.1 Å². The van der Waals surface area contributed by atoms with Gasteiger partial charge < -0.3 is 15.5 Å². The summed E-state index contributed by atoms with van der Waals surface area (Å²) in [4.78, 5) is 26.8. The fourth-order valence-corrected chi connectivity index (χ4v) is 3.22. The first-order valence-electron chi connectivity index (χ1n) is 8.71. The van der Waals surface area contributed by atoms with Gasteiger partial charge in [0.15, 0.2) is 0 Å². The number of anilines is 1. The van der Waals surface area contributed by atoms with Crippen molar-refractivity contribution in [1.82, 2.24) is 20.4 Å². The van der Waals surface area contributed by atoms with Crippen LogP contribution in [0.2, 0.25) is 0 Å². The maximum atomic E-state index is 13.7. The van der Waals surface area contributed by atoms with Crippen LogP contribution < -0.4 is 10.6 Å². The molecule has 2 heterocycles. The third kappa shape index (κ3) is 4.48. The predicted octanol–water partition coefficient (Wildman–Crippen LogP) is 2.01. The number of likely N-dealkylation sites (tertiary alicyclic amines) is 1. The van der Waals surface area contributed by atoms with Gasteiger partial charge >= 0.3 is 0 Å². The zero-order chi connectivity index (χ0) is 19.4. The number of nitrogens with one attached hydrogen (secondary N) is 3. The molecular weight excluding hydrogens is 356 g/mol. The number of nitrogens with zero attached hydrogens (tertiary/aromatic N) is 2.